The van der Waals surface area contributed by atoms with Gasteiger partial charge < -0.3 is 18.9 Å². The van der Waals surface area contributed by atoms with Crippen LogP contribution in [0.4, 0.5) is 0 Å². The molecule has 1 N–H and O–H groups in total. The molecule has 0 heterocycles. The lowest BCUT2D eigenvalue weighted by Crippen LogP contribution is -2.37. The Morgan fingerprint density at radius 3 is 0.900 bits per heavy atom. The Labute approximate surface area is 552 Å². The Hall–Kier alpha value is -4.89. The number of likely N-dealkylation sites (N-methyl/N-ethyl adjacent to an activating group) is 1. The van der Waals surface area contributed by atoms with Crippen molar-refractivity contribution in [1.29, 1.82) is 0 Å². The molecule has 0 spiro atoms. The summed E-state index contributed by atoms with van der Waals surface area (Å²) in [6.07, 6.45) is 106. The molecular formula is C80H131NO8P+. The van der Waals surface area contributed by atoms with Crippen LogP contribution in [0, 0.1) is 0 Å². The minimum atomic E-state index is -4.42. The van der Waals surface area contributed by atoms with Crippen molar-refractivity contribution >= 4 is 19.8 Å². The number of esters is 2. The molecule has 10 heteroatoms. The molecule has 0 saturated carbocycles. The van der Waals surface area contributed by atoms with Gasteiger partial charge in [0.2, 0.25) is 0 Å². The highest BCUT2D eigenvalue weighted by Gasteiger charge is 2.27. The number of rotatable bonds is 63. The summed E-state index contributed by atoms with van der Waals surface area (Å²) < 4.78 is 34.7. The quantitative estimate of drug-likeness (QED) is 0.0211. The molecule has 0 fully saturated rings. The Morgan fingerprint density at radius 1 is 0.344 bits per heavy atom. The first-order valence-electron chi connectivity index (χ1n) is 35.5. The first-order chi connectivity index (χ1) is 44.0. The highest BCUT2D eigenvalue weighted by molar-refractivity contribution is 7.47. The van der Waals surface area contributed by atoms with E-state index in [-0.39, 0.29) is 32.0 Å². The molecule has 0 aromatic rings. The van der Waals surface area contributed by atoms with Gasteiger partial charge in [-0.15, -0.1) is 0 Å². The summed E-state index contributed by atoms with van der Waals surface area (Å²) in [4.78, 5) is 35.9. The van der Waals surface area contributed by atoms with Crippen LogP contribution in [0.3, 0.4) is 0 Å². The molecule has 0 bridgehead atoms. The number of nitrogens with zero attached hydrogens (tertiary/aromatic N) is 1. The molecule has 0 aromatic heterocycles. The third-order valence-corrected chi connectivity index (χ3v) is 15.4. The van der Waals surface area contributed by atoms with Crippen molar-refractivity contribution in [2.45, 2.75) is 264 Å². The zero-order chi connectivity index (χ0) is 65.5. The number of phosphoric acid groups is 1. The Morgan fingerprint density at radius 2 is 0.600 bits per heavy atom. The van der Waals surface area contributed by atoms with Gasteiger partial charge in [-0.3, -0.25) is 18.6 Å². The summed E-state index contributed by atoms with van der Waals surface area (Å²) in [5.74, 6) is -0.844. The number of phosphoric ester groups is 1. The van der Waals surface area contributed by atoms with Crippen LogP contribution in [0.1, 0.15) is 258 Å². The Kier molecular flexibility index (Phi) is 64.8. The maximum absolute atomic E-state index is 12.9. The molecule has 0 aliphatic heterocycles. The lowest BCUT2D eigenvalue weighted by Gasteiger charge is -2.24. The summed E-state index contributed by atoms with van der Waals surface area (Å²) in [6, 6.07) is 0. The number of quaternary nitrogens is 1. The van der Waals surface area contributed by atoms with E-state index in [1.807, 2.05) is 21.1 Å². The SMILES string of the molecule is CC/C=C\C/C=C\C/C=C\C/C=C\C/C=C\C/C=C\C/C=C\C/C=C\C/C=C\C/C=C\C/C=C\CCCCCC(=O)OC(COC(=O)CCCCCCCCCCCCCCCCCC/C=C\C/C=C\C/C=C\C/C=C\CC)COP(=O)(O)OCC[N+](C)(C)C. The molecule has 0 rings (SSSR count). The van der Waals surface area contributed by atoms with E-state index in [0.29, 0.717) is 17.4 Å². The van der Waals surface area contributed by atoms with Gasteiger partial charge >= 0.3 is 19.8 Å². The molecule has 0 saturated heterocycles. The first kappa shape index (κ1) is 85.1. The number of ether oxygens (including phenoxy) is 2. The zero-order valence-corrected chi connectivity index (χ0v) is 58.7. The van der Waals surface area contributed by atoms with E-state index >= 15 is 0 Å². The second-order valence-corrected chi connectivity index (χ2v) is 25.6. The average molecular weight is 1270 g/mol. The number of hydrogen-bond acceptors (Lipinski definition) is 7. The van der Waals surface area contributed by atoms with Crippen molar-refractivity contribution in [3.63, 3.8) is 0 Å². The van der Waals surface area contributed by atoms with Crippen LogP contribution in [-0.4, -0.2) is 74.9 Å². The van der Waals surface area contributed by atoms with Gasteiger partial charge in [0, 0.05) is 12.8 Å². The monoisotopic (exact) mass is 1260 g/mol. The Bertz CT molecular complexity index is 2170. The smallest absolute Gasteiger partial charge is 0.462 e. The molecular weight excluding hydrogens is 1130 g/mol. The molecule has 0 aliphatic rings. The lowest BCUT2D eigenvalue weighted by molar-refractivity contribution is -0.870. The predicted molar refractivity (Wildman–Crippen MR) is 389 cm³/mol. The van der Waals surface area contributed by atoms with Crippen molar-refractivity contribution in [1.82, 2.24) is 0 Å². The summed E-state index contributed by atoms with van der Waals surface area (Å²) in [5.41, 5.74) is 0. The Balaban J connectivity index is 4.18. The molecule has 0 aromatic carbocycles. The van der Waals surface area contributed by atoms with Crippen LogP contribution in [0.25, 0.3) is 0 Å². The van der Waals surface area contributed by atoms with Crippen LogP contribution in [0.5, 0.6) is 0 Å². The summed E-state index contributed by atoms with van der Waals surface area (Å²) >= 11 is 0. The second-order valence-electron chi connectivity index (χ2n) is 24.2. The van der Waals surface area contributed by atoms with Crippen molar-refractivity contribution in [3.8, 4) is 0 Å². The standard InChI is InChI=1S/C80H130NO8P/c1-6-8-10-12-14-16-18-20-22-24-26-28-30-32-34-36-37-38-39-40-41-42-43-45-47-49-51-53-55-57-59-61-63-65-67-69-71-73-80(83)89-78(77-88-90(84,85)87-75-74-81(3,4)5)76-86-79(82)72-70-68-66-64-62-60-58-56-54-52-50-48-46-44-35-33-31-29-27-25-23-21-19-17-15-13-11-9-7-2/h8-11,14-17,20-23,26-29,32,34,37-38,40-41,43,45,49,51,55,57,61,63,78H,6-7,12-13,18-19,24-25,30-31,33,35-36,39,42,44,46-48,50,52-54,56,58-60,62,64-77H2,1-5H3/p+1/b10-8-,11-9-,16-14-,17-15-,22-20-,23-21-,28-26-,29-27-,34-32-,38-37-,41-40-,45-43-,51-49-,57-55-,63-61-. The third-order valence-electron chi connectivity index (χ3n) is 14.4. The van der Waals surface area contributed by atoms with Crippen molar-refractivity contribution in [3.05, 3.63) is 182 Å². The number of allylic oxidation sites excluding steroid dienone is 30. The normalized spacial score (nSPS) is 14.2. The minimum absolute atomic E-state index is 0.0158. The highest BCUT2D eigenvalue weighted by Crippen LogP contribution is 2.43. The van der Waals surface area contributed by atoms with Crippen LogP contribution in [0.15, 0.2) is 182 Å². The first-order valence-corrected chi connectivity index (χ1v) is 37.0. The third kappa shape index (κ3) is 72.2. The molecule has 0 radical (unpaired) electrons. The predicted octanol–water partition coefficient (Wildman–Crippen LogP) is 23.5. The second kappa shape index (κ2) is 68.5. The molecule has 2 atom stereocenters. The number of carbonyl (C=O) groups excluding carboxylic acids is 2. The van der Waals surface area contributed by atoms with Crippen LogP contribution in [0.2, 0.25) is 0 Å². The van der Waals surface area contributed by atoms with Gasteiger partial charge in [-0.25, -0.2) is 4.57 Å². The van der Waals surface area contributed by atoms with E-state index < -0.39 is 26.5 Å². The van der Waals surface area contributed by atoms with Gasteiger partial charge in [0.25, 0.3) is 0 Å². The number of unbranched alkanes of at least 4 members (excludes halogenated alkanes) is 19. The average Bonchev–Trinajstić information content (AvgIpc) is 3.58. The van der Waals surface area contributed by atoms with E-state index in [9.17, 15) is 19.0 Å². The fourth-order valence-electron chi connectivity index (χ4n) is 9.07. The number of carbonyl (C=O) groups is 2. The van der Waals surface area contributed by atoms with E-state index in [1.54, 1.807) is 0 Å². The summed E-state index contributed by atoms with van der Waals surface area (Å²) in [5, 5.41) is 0. The topological polar surface area (TPSA) is 108 Å². The fourth-order valence-corrected chi connectivity index (χ4v) is 9.81. The van der Waals surface area contributed by atoms with Gasteiger partial charge in [-0.2, -0.15) is 0 Å². The van der Waals surface area contributed by atoms with Crippen LogP contribution >= 0.6 is 7.82 Å². The van der Waals surface area contributed by atoms with Gasteiger partial charge in [-0.05, 0) is 135 Å². The van der Waals surface area contributed by atoms with E-state index in [2.05, 4.69) is 196 Å². The van der Waals surface area contributed by atoms with Gasteiger partial charge in [0.1, 0.15) is 19.8 Å². The van der Waals surface area contributed by atoms with E-state index in [1.165, 1.54) is 89.9 Å². The van der Waals surface area contributed by atoms with E-state index in [4.69, 9.17) is 18.5 Å². The van der Waals surface area contributed by atoms with Crippen LogP contribution in [-0.2, 0) is 32.7 Å². The maximum Gasteiger partial charge on any atom is 0.472 e. The van der Waals surface area contributed by atoms with Crippen LogP contribution < -0.4 is 0 Å². The fraction of sp³-hybridized carbons (Fsp3) is 0.600. The van der Waals surface area contributed by atoms with E-state index in [0.717, 1.165) is 135 Å². The summed E-state index contributed by atoms with van der Waals surface area (Å²) in [6.45, 7) is 4.16. The zero-order valence-electron chi connectivity index (χ0n) is 57.8. The lowest BCUT2D eigenvalue weighted by atomic mass is 10.0. The van der Waals surface area contributed by atoms with Crippen molar-refractivity contribution < 1.29 is 42.1 Å². The summed E-state index contributed by atoms with van der Waals surface area (Å²) in [7, 11) is 1.43. The van der Waals surface area contributed by atoms with Crippen molar-refractivity contribution in [2.24, 2.45) is 0 Å². The van der Waals surface area contributed by atoms with Gasteiger partial charge in [-0.1, -0.05) is 292 Å². The van der Waals surface area contributed by atoms with Gasteiger partial charge in [0.15, 0.2) is 6.10 Å². The maximum atomic E-state index is 12.9. The largest absolute Gasteiger partial charge is 0.472 e. The van der Waals surface area contributed by atoms with Crippen molar-refractivity contribution in [2.75, 3.05) is 47.5 Å². The van der Waals surface area contributed by atoms with Gasteiger partial charge in [0.05, 0.1) is 27.7 Å². The molecule has 0 amide bonds. The molecule has 9 nitrogen and oxygen atoms in total. The molecule has 2 unspecified atom stereocenters. The molecule has 508 valence electrons. The number of hydrogen-bond donors (Lipinski definition) is 1. The highest BCUT2D eigenvalue weighted by atomic mass is 31.2. The molecule has 0 aliphatic carbocycles. The minimum Gasteiger partial charge on any atom is -0.462 e. The molecule has 90 heavy (non-hydrogen) atoms.